The van der Waals surface area contributed by atoms with E-state index in [0.29, 0.717) is 5.56 Å². The van der Waals surface area contributed by atoms with Gasteiger partial charge in [0.15, 0.2) is 0 Å². The Kier molecular flexibility index (Phi) is 6.49. The highest BCUT2D eigenvalue weighted by Crippen LogP contribution is 2.33. The maximum Gasteiger partial charge on any atom is 0.311 e. The number of carboxylic acids is 1. The smallest absolute Gasteiger partial charge is 0.311 e. The van der Waals surface area contributed by atoms with E-state index in [4.69, 9.17) is 5.73 Å². The zero-order valence-electron chi connectivity index (χ0n) is 12.2. The van der Waals surface area contributed by atoms with Crippen LogP contribution in [-0.4, -0.2) is 11.1 Å². The van der Waals surface area contributed by atoms with Gasteiger partial charge in [-0.15, -0.1) is 0 Å². The molecule has 0 saturated heterocycles. The molecule has 0 radical (unpaired) electrons. The summed E-state index contributed by atoms with van der Waals surface area (Å²) in [5.74, 6) is -2.29. The van der Waals surface area contributed by atoms with Crippen molar-refractivity contribution in [1.29, 1.82) is 0 Å². The second-order valence-corrected chi connectivity index (χ2v) is 5.39. The van der Waals surface area contributed by atoms with Gasteiger partial charge in [-0.2, -0.15) is 0 Å². The molecule has 2 atom stereocenters. The number of unbranched alkanes of at least 4 members (excludes halogenated alkanes) is 3. The van der Waals surface area contributed by atoms with Gasteiger partial charge < -0.3 is 10.8 Å². The number of rotatable bonds is 8. The fourth-order valence-electron chi connectivity index (χ4n) is 2.57. The average molecular weight is 281 g/mol. The van der Waals surface area contributed by atoms with Crippen molar-refractivity contribution in [2.24, 2.45) is 5.92 Å². The highest BCUT2D eigenvalue weighted by Gasteiger charge is 2.28. The van der Waals surface area contributed by atoms with Crippen molar-refractivity contribution in [2.75, 3.05) is 5.73 Å². The molecular formula is C16H24FNO2. The monoisotopic (exact) mass is 281 g/mol. The quantitative estimate of drug-likeness (QED) is 0.555. The maximum atomic E-state index is 13.5. The molecule has 0 aliphatic carbocycles. The molecule has 4 heteroatoms. The SMILES string of the molecule is CCCCCCC(C)C(C(=O)O)c1cccc(F)c1N. The van der Waals surface area contributed by atoms with Gasteiger partial charge in [0.2, 0.25) is 0 Å². The molecule has 3 nitrogen and oxygen atoms in total. The second-order valence-electron chi connectivity index (χ2n) is 5.39. The number of aliphatic carboxylic acids is 1. The lowest BCUT2D eigenvalue weighted by atomic mass is 9.83. The van der Waals surface area contributed by atoms with E-state index in [1.54, 1.807) is 6.07 Å². The summed E-state index contributed by atoms with van der Waals surface area (Å²) in [6.07, 6.45) is 5.22. The van der Waals surface area contributed by atoms with Gasteiger partial charge in [0, 0.05) is 0 Å². The number of carbonyl (C=O) groups is 1. The van der Waals surface area contributed by atoms with Crippen LogP contribution in [0.3, 0.4) is 0 Å². The van der Waals surface area contributed by atoms with Crippen LogP contribution in [0.1, 0.15) is 57.4 Å². The van der Waals surface area contributed by atoms with Gasteiger partial charge in [-0.1, -0.05) is 51.7 Å². The van der Waals surface area contributed by atoms with E-state index in [1.165, 1.54) is 12.1 Å². The van der Waals surface area contributed by atoms with Crippen molar-refractivity contribution in [2.45, 2.75) is 51.9 Å². The maximum absolute atomic E-state index is 13.5. The second kappa shape index (κ2) is 7.88. The Morgan fingerprint density at radius 1 is 1.35 bits per heavy atom. The Labute approximate surface area is 120 Å². The highest BCUT2D eigenvalue weighted by atomic mass is 19.1. The molecule has 0 saturated carbocycles. The highest BCUT2D eigenvalue weighted by molar-refractivity contribution is 5.79. The minimum absolute atomic E-state index is 0.0414. The van der Waals surface area contributed by atoms with Crippen LogP contribution in [0.25, 0.3) is 0 Å². The number of hydrogen-bond acceptors (Lipinski definition) is 2. The molecule has 2 unspecified atom stereocenters. The zero-order valence-corrected chi connectivity index (χ0v) is 12.2. The third-order valence-corrected chi connectivity index (χ3v) is 3.77. The summed E-state index contributed by atoms with van der Waals surface area (Å²) in [4.78, 5) is 11.5. The summed E-state index contributed by atoms with van der Waals surface area (Å²) in [5, 5.41) is 9.44. The summed E-state index contributed by atoms with van der Waals surface area (Å²) in [6, 6.07) is 4.38. The van der Waals surface area contributed by atoms with Crippen LogP contribution < -0.4 is 5.73 Å². The van der Waals surface area contributed by atoms with E-state index in [-0.39, 0.29) is 11.6 Å². The third-order valence-electron chi connectivity index (χ3n) is 3.77. The molecule has 0 bridgehead atoms. The molecule has 1 rings (SSSR count). The van der Waals surface area contributed by atoms with Crippen LogP contribution in [0.15, 0.2) is 18.2 Å². The largest absolute Gasteiger partial charge is 0.481 e. The fraction of sp³-hybridized carbons (Fsp3) is 0.562. The molecule has 0 amide bonds. The molecule has 3 N–H and O–H groups in total. The summed E-state index contributed by atoms with van der Waals surface area (Å²) in [6.45, 7) is 4.03. The van der Waals surface area contributed by atoms with Crippen molar-refractivity contribution in [3.63, 3.8) is 0 Å². The Morgan fingerprint density at radius 3 is 2.65 bits per heavy atom. The summed E-state index contributed by atoms with van der Waals surface area (Å²) < 4.78 is 13.5. The number of nitrogens with two attached hydrogens (primary N) is 1. The molecule has 1 aromatic carbocycles. The number of benzene rings is 1. The first kappa shape index (κ1) is 16.5. The topological polar surface area (TPSA) is 63.3 Å². The molecule has 0 aliphatic heterocycles. The van der Waals surface area contributed by atoms with Crippen LogP contribution >= 0.6 is 0 Å². The lowest BCUT2D eigenvalue weighted by molar-refractivity contribution is -0.140. The van der Waals surface area contributed by atoms with Crippen molar-refractivity contribution in [3.8, 4) is 0 Å². The van der Waals surface area contributed by atoms with Crippen molar-refractivity contribution >= 4 is 11.7 Å². The van der Waals surface area contributed by atoms with Crippen molar-refractivity contribution in [1.82, 2.24) is 0 Å². The normalized spacial score (nSPS) is 13.9. The molecule has 20 heavy (non-hydrogen) atoms. The van der Waals surface area contributed by atoms with Crippen LogP contribution in [0.2, 0.25) is 0 Å². The van der Waals surface area contributed by atoms with Gasteiger partial charge in [-0.05, 0) is 24.0 Å². The van der Waals surface area contributed by atoms with E-state index in [9.17, 15) is 14.3 Å². The number of carboxylic acid groups (broad SMARTS) is 1. The standard InChI is InChI=1S/C16H24FNO2/c1-3-4-5-6-8-11(2)14(16(19)20)12-9-7-10-13(17)15(12)18/h7,9-11,14H,3-6,8,18H2,1-2H3,(H,19,20). The predicted octanol–water partition coefficient (Wildman–Crippen LogP) is 4.18. The number of anilines is 1. The molecule has 0 fully saturated rings. The minimum Gasteiger partial charge on any atom is -0.481 e. The van der Waals surface area contributed by atoms with E-state index in [0.717, 1.165) is 32.1 Å². The fourth-order valence-corrected chi connectivity index (χ4v) is 2.57. The Hall–Kier alpha value is -1.58. The van der Waals surface area contributed by atoms with Gasteiger partial charge in [-0.25, -0.2) is 4.39 Å². The summed E-state index contributed by atoms with van der Waals surface area (Å²) in [7, 11) is 0. The molecule has 0 aromatic heterocycles. The van der Waals surface area contributed by atoms with E-state index < -0.39 is 17.7 Å². The molecule has 112 valence electrons. The molecule has 0 aliphatic rings. The van der Waals surface area contributed by atoms with E-state index in [1.807, 2.05) is 6.92 Å². The van der Waals surface area contributed by atoms with Gasteiger partial charge in [0.05, 0.1) is 11.6 Å². The van der Waals surface area contributed by atoms with Crippen LogP contribution in [0.4, 0.5) is 10.1 Å². The first-order chi connectivity index (χ1) is 9.49. The Balaban J connectivity index is 2.83. The third kappa shape index (κ3) is 4.22. The average Bonchev–Trinajstić information content (AvgIpc) is 2.39. The summed E-state index contributed by atoms with van der Waals surface area (Å²) >= 11 is 0. The van der Waals surface area contributed by atoms with Crippen LogP contribution in [0, 0.1) is 11.7 Å². The Morgan fingerprint density at radius 2 is 2.05 bits per heavy atom. The lowest BCUT2D eigenvalue weighted by Crippen LogP contribution is -2.21. The minimum atomic E-state index is -0.940. The Bertz CT molecular complexity index is 448. The molecule has 1 aromatic rings. The summed E-state index contributed by atoms with van der Waals surface area (Å²) in [5.41, 5.74) is 6.05. The van der Waals surface area contributed by atoms with Gasteiger partial charge in [0.1, 0.15) is 5.82 Å². The van der Waals surface area contributed by atoms with Gasteiger partial charge in [0.25, 0.3) is 0 Å². The number of halogens is 1. The number of nitrogen functional groups attached to an aromatic ring is 1. The molecule has 0 heterocycles. The molecular weight excluding hydrogens is 257 g/mol. The zero-order chi connectivity index (χ0) is 15.1. The van der Waals surface area contributed by atoms with Gasteiger partial charge >= 0.3 is 5.97 Å². The number of para-hydroxylation sites is 1. The van der Waals surface area contributed by atoms with Crippen molar-refractivity contribution in [3.05, 3.63) is 29.6 Å². The van der Waals surface area contributed by atoms with Crippen molar-refractivity contribution < 1.29 is 14.3 Å². The van der Waals surface area contributed by atoms with E-state index >= 15 is 0 Å². The molecule has 0 spiro atoms. The van der Waals surface area contributed by atoms with Crippen LogP contribution in [0.5, 0.6) is 0 Å². The first-order valence-electron chi connectivity index (χ1n) is 7.25. The predicted molar refractivity (Wildman–Crippen MR) is 79.1 cm³/mol. The van der Waals surface area contributed by atoms with Crippen LogP contribution in [-0.2, 0) is 4.79 Å². The van der Waals surface area contributed by atoms with E-state index in [2.05, 4.69) is 6.92 Å². The lowest BCUT2D eigenvalue weighted by Gasteiger charge is -2.22. The first-order valence-corrected chi connectivity index (χ1v) is 7.25. The number of hydrogen-bond donors (Lipinski definition) is 2. The van der Waals surface area contributed by atoms with Gasteiger partial charge in [-0.3, -0.25) is 4.79 Å².